The normalized spacial score (nSPS) is 13.7. The lowest BCUT2D eigenvalue weighted by molar-refractivity contribution is -0.114. The van der Waals surface area contributed by atoms with E-state index in [1.165, 1.54) is 0 Å². The number of Topliss-reactive ketones (excluding diaryl/α,β-unsaturated/α-hetero) is 1. The van der Waals surface area contributed by atoms with Crippen LogP contribution in [-0.2, 0) is 11.2 Å². The van der Waals surface area contributed by atoms with Gasteiger partial charge in [-0.3, -0.25) is 4.79 Å². The van der Waals surface area contributed by atoms with Gasteiger partial charge >= 0.3 is 0 Å². The number of aromatic hydroxyl groups is 1. The number of hydrogen-bond donors (Lipinski definition) is 2. The summed E-state index contributed by atoms with van der Waals surface area (Å²) in [5, 5.41) is 20.7. The van der Waals surface area contributed by atoms with Crippen molar-refractivity contribution in [3.05, 3.63) is 69.9 Å². The third-order valence-corrected chi connectivity index (χ3v) is 5.39. The third kappa shape index (κ3) is 10.1. The van der Waals surface area contributed by atoms with Crippen molar-refractivity contribution >= 4 is 5.78 Å². The first-order chi connectivity index (χ1) is 15.0. The van der Waals surface area contributed by atoms with E-state index in [1.807, 2.05) is 78.0 Å². The number of methoxy groups -OCH3 is 1. The number of rotatable bonds is 12. The van der Waals surface area contributed by atoms with Crippen LogP contribution in [0.2, 0.25) is 0 Å². The first kappa shape index (κ1) is 27.4. The number of ether oxygens (including phenoxy) is 1. The molecule has 1 aromatic rings. The highest BCUT2D eigenvalue weighted by atomic mass is 16.5. The fourth-order valence-electron chi connectivity index (χ4n) is 3.35. The van der Waals surface area contributed by atoms with Crippen LogP contribution in [0.15, 0.2) is 58.7 Å². The molecule has 0 aliphatic carbocycles. The molecule has 4 nitrogen and oxygen atoms in total. The highest BCUT2D eigenvalue weighted by molar-refractivity contribution is 5.95. The average molecular weight is 441 g/mol. The second kappa shape index (κ2) is 13.7. The molecule has 0 aliphatic rings. The topological polar surface area (TPSA) is 66.8 Å². The highest BCUT2D eigenvalue weighted by Crippen LogP contribution is 2.28. The Bertz CT molecular complexity index is 896. The van der Waals surface area contributed by atoms with Gasteiger partial charge in [0.05, 0.1) is 13.2 Å². The Morgan fingerprint density at radius 3 is 2.38 bits per heavy atom. The van der Waals surface area contributed by atoms with Crippen LogP contribution in [0.4, 0.5) is 0 Å². The molecule has 1 aromatic carbocycles. The summed E-state index contributed by atoms with van der Waals surface area (Å²) in [5.74, 6) is 1.17. The van der Waals surface area contributed by atoms with Gasteiger partial charge in [-0.2, -0.15) is 0 Å². The summed E-state index contributed by atoms with van der Waals surface area (Å²) in [6.07, 6.45) is 10.5. The molecule has 0 amide bonds. The molecule has 0 saturated heterocycles. The molecular weight excluding hydrogens is 400 g/mol. The molecule has 32 heavy (non-hydrogen) atoms. The number of aliphatic hydroxyl groups is 1. The Hall–Kier alpha value is -2.59. The first-order valence-electron chi connectivity index (χ1n) is 11.2. The van der Waals surface area contributed by atoms with Gasteiger partial charge in [-0.25, -0.2) is 0 Å². The van der Waals surface area contributed by atoms with E-state index < -0.39 is 6.10 Å². The van der Waals surface area contributed by atoms with E-state index in [4.69, 9.17) is 4.74 Å². The van der Waals surface area contributed by atoms with Gasteiger partial charge < -0.3 is 14.9 Å². The predicted octanol–water partition coefficient (Wildman–Crippen LogP) is 6.55. The molecule has 176 valence electrons. The standard InChI is InChI=1S/C28H40O4/c1-19(2)11-14-27(30)22(5)10-8-9-20(3)15-25(29)16-21(4)12-13-24-18-26(32-7)17-23(6)28(24)31/h10-12,15,17-18,25,29,31H,8-9,13-14,16H2,1-7H3. The fraction of sp³-hybridized carbons (Fsp3) is 0.464. The van der Waals surface area contributed by atoms with E-state index in [9.17, 15) is 15.0 Å². The minimum absolute atomic E-state index is 0.158. The molecule has 0 aromatic heterocycles. The van der Waals surface area contributed by atoms with Gasteiger partial charge in [-0.05, 0) is 90.5 Å². The highest BCUT2D eigenvalue weighted by Gasteiger charge is 2.08. The van der Waals surface area contributed by atoms with Gasteiger partial charge in [-0.15, -0.1) is 0 Å². The van der Waals surface area contributed by atoms with E-state index in [1.54, 1.807) is 7.11 Å². The zero-order chi connectivity index (χ0) is 24.3. The van der Waals surface area contributed by atoms with E-state index in [0.29, 0.717) is 19.3 Å². The Balaban J connectivity index is 2.60. The number of allylic oxidation sites excluding steroid dienone is 6. The van der Waals surface area contributed by atoms with Crippen LogP contribution in [-0.4, -0.2) is 29.2 Å². The van der Waals surface area contributed by atoms with Crippen molar-refractivity contribution in [2.24, 2.45) is 0 Å². The largest absolute Gasteiger partial charge is 0.507 e. The van der Waals surface area contributed by atoms with E-state index in [0.717, 1.165) is 52.0 Å². The Labute approximate surface area is 194 Å². The molecule has 4 heteroatoms. The van der Waals surface area contributed by atoms with Crippen LogP contribution < -0.4 is 4.74 Å². The van der Waals surface area contributed by atoms with Crippen molar-refractivity contribution in [2.75, 3.05) is 7.11 Å². The van der Waals surface area contributed by atoms with Gasteiger partial charge in [-0.1, -0.05) is 41.0 Å². The maximum Gasteiger partial charge on any atom is 0.162 e. The summed E-state index contributed by atoms with van der Waals surface area (Å²) in [6, 6.07) is 3.65. The summed E-state index contributed by atoms with van der Waals surface area (Å²) < 4.78 is 5.28. The third-order valence-electron chi connectivity index (χ3n) is 5.39. The molecule has 0 fully saturated rings. The summed E-state index contributed by atoms with van der Waals surface area (Å²) in [6.45, 7) is 11.7. The van der Waals surface area contributed by atoms with Crippen LogP contribution >= 0.6 is 0 Å². The Kier molecular flexibility index (Phi) is 11.8. The van der Waals surface area contributed by atoms with Gasteiger partial charge in [0.1, 0.15) is 11.5 Å². The number of phenolic OH excluding ortho intramolecular Hbond substituents is 1. The molecule has 0 heterocycles. The second-order valence-electron chi connectivity index (χ2n) is 8.83. The number of aliphatic hydroxyl groups excluding tert-OH is 1. The van der Waals surface area contributed by atoms with Crippen LogP contribution in [0.3, 0.4) is 0 Å². The molecule has 1 atom stereocenters. The maximum absolute atomic E-state index is 12.1. The van der Waals surface area contributed by atoms with Gasteiger partial charge in [0.2, 0.25) is 0 Å². The quantitative estimate of drug-likeness (QED) is 0.286. The molecule has 0 aliphatic heterocycles. The number of ketones is 1. The molecular formula is C28H40O4. The van der Waals surface area contributed by atoms with Crippen molar-refractivity contribution in [2.45, 2.75) is 79.8 Å². The molecule has 0 bridgehead atoms. The molecule has 0 spiro atoms. The van der Waals surface area contributed by atoms with Crippen LogP contribution in [0.5, 0.6) is 11.5 Å². The van der Waals surface area contributed by atoms with Gasteiger partial charge in [0.15, 0.2) is 5.78 Å². The molecule has 1 rings (SSSR count). The van der Waals surface area contributed by atoms with Gasteiger partial charge in [0.25, 0.3) is 0 Å². The number of benzene rings is 1. The van der Waals surface area contributed by atoms with Crippen molar-refractivity contribution in [1.29, 1.82) is 0 Å². The van der Waals surface area contributed by atoms with E-state index >= 15 is 0 Å². The smallest absolute Gasteiger partial charge is 0.162 e. The Morgan fingerprint density at radius 2 is 1.75 bits per heavy atom. The van der Waals surface area contributed by atoms with E-state index in [2.05, 4.69) is 0 Å². The molecule has 1 unspecified atom stereocenters. The average Bonchev–Trinajstić information content (AvgIpc) is 2.72. The van der Waals surface area contributed by atoms with Crippen molar-refractivity contribution in [3.8, 4) is 11.5 Å². The minimum atomic E-state index is -0.559. The summed E-state index contributed by atoms with van der Waals surface area (Å²) in [7, 11) is 1.61. The maximum atomic E-state index is 12.1. The summed E-state index contributed by atoms with van der Waals surface area (Å²) >= 11 is 0. The number of carbonyl (C=O) groups excluding carboxylic acids is 1. The Morgan fingerprint density at radius 1 is 1.06 bits per heavy atom. The number of carbonyl (C=O) groups is 1. The lowest BCUT2D eigenvalue weighted by atomic mass is 10.0. The van der Waals surface area contributed by atoms with Crippen LogP contribution in [0.1, 0.15) is 71.4 Å². The zero-order valence-electron chi connectivity index (χ0n) is 20.8. The lowest BCUT2D eigenvalue weighted by Gasteiger charge is -2.11. The summed E-state index contributed by atoms with van der Waals surface area (Å²) in [4.78, 5) is 12.1. The van der Waals surface area contributed by atoms with Gasteiger partial charge in [0, 0.05) is 12.0 Å². The molecule has 2 N–H and O–H groups in total. The zero-order valence-corrected chi connectivity index (χ0v) is 20.8. The fourth-order valence-corrected chi connectivity index (χ4v) is 3.35. The van der Waals surface area contributed by atoms with Crippen molar-refractivity contribution in [3.63, 3.8) is 0 Å². The lowest BCUT2D eigenvalue weighted by Crippen LogP contribution is -2.04. The SMILES string of the molecule is COc1cc(C)c(O)c(CC=C(C)CC(O)C=C(C)CCC=C(C)C(=O)CC=C(C)C)c1. The van der Waals surface area contributed by atoms with E-state index in [-0.39, 0.29) is 11.5 Å². The molecule has 0 radical (unpaired) electrons. The predicted molar refractivity (Wildman–Crippen MR) is 133 cm³/mol. The van der Waals surface area contributed by atoms with Crippen molar-refractivity contribution in [1.82, 2.24) is 0 Å². The summed E-state index contributed by atoms with van der Waals surface area (Å²) in [5.41, 5.74) is 5.70. The number of hydrogen-bond acceptors (Lipinski definition) is 4. The van der Waals surface area contributed by atoms with Crippen LogP contribution in [0, 0.1) is 6.92 Å². The second-order valence-corrected chi connectivity index (χ2v) is 8.83. The number of aryl methyl sites for hydroxylation is 1. The number of phenols is 1. The minimum Gasteiger partial charge on any atom is -0.507 e. The van der Waals surface area contributed by atoms with Crippen molar-refractivity contribution < 1.29 is 19.7 Å². The molecule has 0 saturated carbocycles. The first-order valence-corrected chi connectivity index (χ1v) is 11.2. The monoisotopic (exact) mass is 440 g/mol. The van der Waals surface area contributed by atoms with Crippen LogP contribution in [0.25, 0.3) is 0 Å².